The highest BCUT2D eigenvalue weighted by Crippen LogP contribution is 2.40. The maximum Gasteiger partial charge on any atom is 0.267 e. The van der Waals surface area contributed by atoms with E-state index in [1.54, 1.807) is 6.07 Å². The molecule has 4 rings (SSSR count). The monoisotopic (exact) mass is 565 g/mol. The van der Waals surface area contributed by atoms with Crippen molar-refractivity contribution in [3.63, 3.8) is 0 Å². The lowest BCUT2D eigenvalue weighted by Crippen LogP contribution is -2.44. The lowest BCUT2D eigenvalue weighted by molar-refractivity contribution is 0.0935. The van der Waals surface area contributed by atoms with E-state index in [2.05, 4.69) is 74.6 Å². The number of nitrogens with one attached hydrogen (secondary N) is 3. The predicted molar refractivity (Wildman–Crippen MR) is 164 cm³/mol. The molecule has 1 amide bonds. The average Bonchev–Trinajstić information content (AvgIpc) is 3.29. The molecule has 5 N–H and O–H groups in total. The molecule has 1 fully saturated rings. The molecule has 1 aliphatic carbocycles. The maximum absolute atomic E-state index is 12.6. The van der Waals surface area contributed by atoms with E-state index in [9.17, 15) is 15.0 Å². The zero-order chi connectivity index (χ0) is 29.1. The third-order valence-electron chi connectivity index (χ3n) is 8.79. The van der Waals surface area contributed by atoms with Gasteiger partial charge in [-0.25, -0.2) is 0 Å². The molecule has 0 spiro atoms. The number of rotatable bonds is 12. The van der Waals surface area contributed by atoms with Crippen LogP contribution in [-0.2, 0) is 17.5 Å². The zero-order valence-electron chi connectivity index (χ0n) is 24.9. The summed E-state index contributed by atoms with van der Waals surface area (Å²) in [6, 6.07) is 13.8. The van der Waals surface area contributed by atoms with Crippen molar-refractivity contribution >= 4 is 25.1 Å². The number of aliphatic hydroxyl groups excluding tert-OH is 1. The van der Waals surface area contributed by atoms with E-state index in [1.165, 1.54) is 24.8 Å². The third kappa shape index (κ3) is 7.35. The van der Waals surface area contributed by atoms with E-state index in [0.29, 0.717) is 23.7 Å². The van der Waals surface area contributed by atoms with E-state index >= 15 is 0 Å². The van der Waals surface area contributed by atoms with Gasteiger partial charge in [0.25, 0.3) is 5.91 Å². The van der Waals surface area contributed by atoms with Crippen molar-refractivity contribution < 1.29 is 19.4 Å². The Balaban J connectivity index is 1.42. The Hall–Kier alpha value is -2.65. The quantitative estimate of drug-likeness (QED) is 0.169. The Kier molecular flexibility index (Phi) is 9.45. The number of aromatic hydroxyl groups is 1. The lowest BCUT2D eigenvalue weighted by atomic mass is 9.85. The van der Waals surface area contributed by atoms with Gasteiger partial charge in [-0.3, -0.25) is 4.79 Å². The first-order chi connectivity index (χ1) is 18.9. The molecule has 1 heterocycles. The molecule has 7 nitrogen and oxygen atoms in total. The van der Waals surface area contributed by atoms with Gasteiger partial charge in [0.2, 0.25) is 0 Å². The van der Waals surface area contributed by atoms with Gasteiger partial charge in [-0.2, -0.15) is 0 Å². The van der Waals surface area contributed by atoms with Gasteiger partial charge in [0.05, 0.1) is 12.7 Å². The summed E-state index contributed by atoms with van der Waals surface area (Å²) in [6.07, 6.45) is 4.32. The number of fused-ring (bicyclic) bond motifs is 1. The molecular weight excluding hydrogens is 518 g/mol. The van der Waals surface area contributed by atoms with Gasteiger partial charge in [-0.1, -0.05) is 39.3 Å². The molecule has 0 unspecified atom stereocenters. The van der Waals surface area contributed by atoms with Crippen LogP contribution in [0.15, 0.2) is 42.5 Å². The molecule has 0 bridgehead atoms. The standard InChI is InChI=1S/C32H47N3O4Si/c1-21(14-23-10-12-27-25(15-23)17-28(35-27)31(38)34-18-22-8-7-9-22)33-19-30(39-40(5,6)32(2,3)4)24-11-13-29(37)26(16-24)20-36/h10-13,15-17,21-22,30,33,35-37H,7-9,14,18-20H2,1-6H3,(H,34,38)/t21-,30+/m1/s1. The number of benzene rings is 2. The maximum atomic E-state index is 12.6. The van der Waals surface area contributed by atoms with Gasteiger partial charge >= 0.3 is 0 Å². The highest BCUT2D eigenvalue weighted by molar-refractivity contribution is 6.74. The van der Waals surface area contributed by atoms with Gasteiger partial charge in [0.1, 0.15) is 11.4 Å². The Morgan fingerprint density at radius 3 is 2.55 bits per heavy atom. The van der Waals surface area contributed by atoms with Crippen molar-refractivity contribution in [3.8, 4) is 5.75 Å². The molecule has 2 atom stereocenters. The van der Waals surface area contributed by atoms with Crippen molar-refractivity contribution in [1.29, 1.82) is 0 Å². The predicted octanol–water partition coefficient (Wildman–Crippen LogP) is 6.18. The second-order valence-electron chi connectivity index (χ2n) is 13.0. The fourth-order valence-corrected chi connectivity index (χ4v) is 6.17. The van der Waals surface area contributed by atoms with Crippen LogP contribution in [0.5, 0.6) is 5.75 Å². The minimum atomic E-state index is -2.09. The molecule has 1 aliphatic rings. The molecule has 8 heteroatoms. The first-order valence-corrected chi connectivity index (χ1v) is 17.5. The first-order valence-electron chi connectivity index (χ1n) is 14.6. The summed E-state index contributed by atoms with van der Waals surface area (Å²) < 4.78 is 6.83. The molecule has 218 valence electrons. The van der Waals surface area contributed by atoms with E-state index in [-0.39, 0.29) is 35.4 Å². The average molecular weight is 566 g/mol. The second-order valence-corrected chi connectivity index (χ2v) is 17.8. The second kappa shape index (κ2) is 12.5. The highest BCUT2D eigenvalue weighted by Gasteiger charge is 2.39. The number of aromatic nitrogens is 1. The molecule has 40 heavy (non-hydrogen) atoms. The van der Waals surface area contributed by atoms with Crippen LogP contribution >= 0.6 is 0 Å². The molecular formula is C32H47N3O4Si. The molecule has 2 aromatic carbocycles. The summed E-state index contributed by atoms with van der Waals surface area (Å²) in [5.41, 5.74) is 4.22. The fourth-order valence-electron chi connectivity index (χ4n) is 4.89. The smallest absolute Gasteiger partial charge is 0.267 e. The number of carbonyl (C=O) groups is 1. The molecule has 0 radical (unpaired) electrons. The largest absolute Gasteiger partial charge is 0.508 e. The van der Waals surface area contributed by atoms with E-state index < -0.39 is 8.32 Å². The van der Waals surface area contributed by atoms with Crippen LogP contribution in [-0.4, -0.2) is 48.6 Å². The van der Waals surface area contributed by atoms with Crippen LogP contribution in [0.4, 0.5) is 0 Å². The number of aliphatic hydroxyl groups is 1. The molecule has 1 aromatic heterocycles. The Bertz CT molecular complexity index is 1310. The van der Waals surface area contributed by atoms with Crippen LogP contribution in [0.1, 0.15) is 80.2 Å². The van der Waals surface area contributed by atoms with Crippen molar-refractivity contribution in [3.05, 3.63) is 64.8 Å². The van der Waals surface area contributed by atoms with Crippen LogP contribution < -0.4 is 10.6 Å². The summed E-state index contributed by atoms with van der Waals surface area (Å²) in [7, 11) is -2.09. The number of phenols is 1. The Morgan fingerprint density at radius 2 is 1.90 bits per heavy atom. The summed E-state index contributed by atoms with van der Waals surface area (Å²) in [5.74, 6) is 0.690. The highest BCUT2D eigenvalue weighted by atomic mass is 28.4. The van der Waals surface area contributed by atoms with Crippen LogP contribution in [0.25, 0.3) is 10.9 Å². The molecule has 0 aliphatic heterocycles. The number of hydrogen-bond acceptors (Lipinski definition) is 5. The first kappa shape index (κ1) is 30.3. The van der Waals surface area contributed by atoms with E-state index in [4.69, 9.17) is 4.43 Å². The summed E-state index contributed by atoms with van der Waals surface area (Å²) in [5, 5.41) is 27.6. The minimum absolute atomic E-state index is 0.0361. The molecule has 0 saturated heterocycles. The number of aromatic amines is 1. The molecule has 3 aromatic rings. The van der Waals surface area contributed by atoms with Gasteiger partial charge in [0, 0.05) is 35.6 Å². The lowest BCUT2D eigenvalue weighted by Gasteiger charge is -2.40. The number of amides is 1. The normalized spacial score (nSPS) is 16.1. The van der Waals surface area contributed by atoms with Crippen molar-refractivity contribution in [2.45, 2.75) is 90.3 Å². The topological polar surface area (TPSA) is 107 Å². The van der Waals surface area contributed by atoms with Crippen LogP contribution in [0.2, 0.25) is 18.1 Å². The van der Waals surface area contributed by atoms with Crippen molar-refractivity contribution in [2.75, 3.05) is 13.1 Å². The van der Waals surface area contributed by atoms with E-state index in [0.717, 1.165) is 29.4 Å². The Labute approximate surface area is 239 Å². The van der Waals surface area contributed by atoms with Gasteiger partial charge in [-0.15, -0.1) is 0 Å². The van der Waals surface area contributed by atoms with Gasteiger partial charge in [-0.05, 0) is 91.7 Å². The SMILES string of the molecule is C[C@H](Cc1ccc2[nH]c(C(=O)NCC3CCC3)cc2c1)NC[C@H](O[Si](C)(C)C(C)(C)C)c1ccc(O)c(CO)c1. The van der Waals surface area contributed by atoms with Crippen LogP contribution in [0, 0.1) is 5.92 Å². The zero-order valence-corrected chi connectivity index (χ0v) is 25.9. The summed E-state index contributed by atoms with van der Waals surface area (Å²) >= 11 is 0. The fraction of sp³-hybridized carbons (Fsp3) is 0.531. The third-order valence-corrected chi connectivity index (χ3v) is 13.3. The van der Waals surface area contributed by atoms with Crippen LogP contribution in [0.3, 0.4) is 0 Å². The summed E-state index contributed by atoms with van der Waals surface area (Å²) in [6.45, 7) is 14.5. The summed E-state index contributed by atoms with van der Waals surface area (Å²) in [4.78, 5) is 15.9. The van der Waals surface area contributed by atoms with Gasteiger partial charge < -0.3 is 30.3 Å². The van der Waals surface area contributed by atoms with Crippen molar-refractivity contribution in [1.82, 2.24) is 15.6 Å². The Morgan fingerprint density at radius 1 is 1.15 bits per heavy atom. The number of H-pyrrole nitrogens is 1. The van der Waals surface area contributed by atoms with Crippen molar-refractivity contribution in [2.24, 2.45) is 5.92 Å². The minimum Gasteiger partial charge on any atom is -0.508 e. The van der Waals surface area contributed by atoms with E-state index in [1.807, 2.05) is 18.2 Å². The molecule has 1 saturated carbocycles. The number of hydrogen-bond donors (Lipinski definition) is 5. The number of carbonyl (C=O) groups excluding carboxylic acids is 1. The van der Waals surface area contributed by atoms with Gasteiger partial charge in [0.15, 0.2) is 8.32 Å².